The predicted octanol–water partition coefficient (Wildman–Crippen LogP) is -0.739. The Labute approximate surface area is 47.3 Å². The van der Waals surface area contributed by atoms with E-state index in [-0.39, 0.29) is 12.4 Å². The molecule has 0 saturated heterocycles. The van der Waals surface area contributed by atoms with Crippen LogP contribution < -0.4 is 11.5 Å². The van der Waals surface area contributed by atoms with Crippen molar-refractivity contribution >= 4 is 25.2 Å². The number of primary amides is 2. The number of amides is 2. The van der Waals surface area contributed by atoms with Crippen molar-refractivity contribution in [2.45, 2.75) is 0 Å². The molecule has 0 saturated carbocycles. The highest BCUT2D eigenvalue weighted by Gasteiger charge is 1.60. The summed E-state index contributed by atoms with van der Waals surface area (Å²) in [6, 6.07) is -0.833. The van der Waals surface area contributed by atoms with Crippen molar-refractivity contribution in [3.05, 3.63) is 0 Å². The van der Waals surface area contributed by atoms with Gasteiger partial charge in [0.2, 0.25) is 0 Å². The fourth-order valence-electron chi connectivity index (χ4n) is 0. The van der Waals surface area contributed by atoms with Gasteiger partial charge in [-0.1, -0.05) is 0 Å². The molecule has 0 atom stereocenters. The van der Waals surface area contributed by atoms with Crippen LogP contribution >= 0.6 is 12.4 Å². The Morgan fingerprint density at radius 2 is 1.29 bits per heavy atom. The first-order valence-electron chi connectivity index (χ1n) is 1.07. The third-order valence-corrected chi connectivity index (χ3v) is 0. The molecule has 0 aromatic carbocycles. The van der Waals surface area contributed by atoms with Crippen LogP contribution in [0, 0.1) is 0 Å². The standard InChI is InChI=1S/CH4N2O.CH2O.ClH/c2-1(3)4;1-2;/h(H4,2,3,4);1H2;1H. The molecule has 4 N–H and O–H groups in total. The fourth-order valence-corrected chi connectivity index (χ4v) is 0. The molecule has 0 aliphatic heterocycles. The molecule has 0 rings (SSSR count). The number of rotatable bonds is 0. The van der Waals surface area contributed by atoms with Crippen LogP contribution in [0.15, 0.2) is 0 Å². The van der Waals surface area contributed by atoms with Gasteiger partial charge in [0.15, 0.2) is 0 Å². The summed E-state index contributed by atoms with van der Waals surface area (Å²) in [4.78, 5) is 17.0. The van der Waals surface area contributed by atoms with Gasteiger partial charge < -0.3 is 16.3 Å². The maximum Gasteiger partial charge on any atom is 0.309 e. The van der Waals surface area contributed by atoms with Gasteiger partial charge in [-0.2, -0.15) is 0 Å². The first-order valence-corrected chi connectivity index (χ1v) is 1.07. The van der Waals surface area contributed by atoms with Crippen LogP contribution in [0.4, 0.5) is 4.79 Å². The fraction of sp³-hybridized carbons (Fsp3) is 0. The Balaban J connectivity index is -0.0000000480. The first kappa shape index (κ1) is 16.3. The molecule has 0 unspecified atom stereocenters. The van der Waals surface area contributed by atoms with Gasteiger partial charge in [-0.15, -0.1) is 12.4 Å². The molecular formula is C2H7ClN2O2. The number of halogens is 1. The highest BCUT2D eigenvalue weighted by Crippen LogP contribution is 1.25. The molecule has 5 heteroatoms. The summed E-state index contributed by atoms with van der Waals surface area (Å²) in [5, 5.41) is 0. The second-order valence-corrected chi connectivity index (χ2v) is 0.402. The summed E-state index contributed by atoms with van der Waals surface area (Å²) in [6.45, 7) is 2.00. The van der Waals surface area contributed by atoms with Crippen molar-refractivity contribution in [1.29, 1.82) is 0 Å². The third-order valence-electron chi connectivity index (χ3n) is 0. The van der Waals surface area contributed by atoms with Crippen molar-refractivity contribution in [2.75, 3.05) is 0 Å². The van der Waals surface area contributed by atoms with E-state index in [9.17, 15) is 0 Å². The van der Waals surface area contributed by atoms with Gasteiger partial charge in [-0.3, -0.25) is 0 Å². The Morgan fingerprint density at radius 3 is 1.29 bits per heavy atom. The van der Waals surface area contributed by atoms with Crippen LogP contribution in [-0.2, 0) is 4.79 Å². The molecule has 0 radical (unpaired) electrons. The van der Waals surface area contributed by atoms with Crippen LogP contribution in [0.5, 0.6) is 0 Å². The molecule has 0 heterocycles. The highest BCUT2D eigenvalue weighted by molar-refractivity contribution is 5.85. The zero-order chi connectivity index (χ0) is 5.58. The first-order chi connectivity index (χ1) is 2.73. The third kappa shape index (κ3) is 92.0. The van der Waals surface area contributed by atoms with Crippen molar-refractivity contribution < 1.29 is 9.59 Å². The minimum absolute atomic E-state index is 0. The summed E-state index contributed by atoms with van der Waals surface area (Å²) in [5.74, 6) is 0. The SMILES string of the molecule is C=O.Cl.NC(N)=O. The predicted molar refractivity (Wildman–Crippen MR) is 28.1 cm³/mol. The number of nitrogens with two attached hydrogens (primary N) is 2. The molecule has 7 heavy (non-hydrogen) atoms. The van der Waals surface area contributed by atoms with Crippen LogP contribution in [0.1, 0.15) is 0 Å². The lowest BCUT2D eigenvalue weighted by molar-refractivity contribution is -0.0979. The number of carbonyl (C=O) groups is 2. The van der Waals surface area contributed by atoms with Gasteiger partial charge in [-0.25, -0.2) is 4.79 Å². The molecule has 0 aliphatic carbocycles. The van der Waals surface area contributed by atoms with Crippen molar-refractivity contribution in [3.63, 3.8) is 0 Å². The zero-order valence-corrected chi connectivity index (χ0v) is 4.40. The van der Waals surface area contributed by atoms with Gasteiger partial charge in [0, 0.05) is 0 Å². The molecule has 2 amide bonds. The largest absolute Gasteiger partial charge is 0.352 e. The van der Waals surface area contributed by atoms with E-state index < -0.39 is 6.03 Å². The van der Waals surface area contributed by atoms with Gasteiger partial charge in [-0.05, 0) is 0 Å². The summed E-state index contributed by atoms with van der Waals surface area (Å²) < 4.78 is 0. The van der Waals surface area contributed by atoms with E-state index >= 15 is 0 Å². The molecule has 0 aromatic rings. The lowest BCUT2D eigenvalue weighted by Crippen LogP contribution is -2.18. The molecule has 0 bridgehead atoms. The van der Waals surface area contributed by atoms with E-state index in [1.807, 2.05) is 6.79 Å². The summed E-state index contributed by atoms with van der Waals surface area (Å²) in [6.07, 6.45) is 0. The molecule has 0 aromatic heterocycles. The van der Waals surface area contributed by atoms with E-state index in [0.717, 1.165) is 0 Å². The van der Waals surface area contributed by atoms with Crippen molar-refractivity contribution in [1.82, 2.24) is 0 Å². The molecule has 4 nitrogen and oxygen atoms in total. The minimum atomic E-state index is -0.833. The van der Waals surface area contributed by atoms with Gasteiger partial charge in [0.25, 0.3) is 0 Å². The van der Waals surface area contributed by atoms with Gasteiger partial charge >= 0.3 is 6.03 Å². The van der Waals surface area contributed by atoms with E-state index in [4.69, 9.17) is 9.59 Å². The van der Waals surface area contributed by atoms with E-state index in [0.29, 0.717) is 0 Å². The summed E-state index contributed by atoms with van der Waals surface area (Å²) in [7, 11) is 0. The average Bonchev–Trinajstić information content (AvgIpc) is 1.41. The Kier molecular flexibility index (Phi) is 43.9. The smallest absolute Gasteiger partial charge is 0.309 e. The Hall–Kier alpha value is -0.770. The maximum atomic E-state index is 9.00. The van der Waals surface area contributed by atoms with Crippen LogP contribution in [0.25, 0.3) is 0 Å². The van der Waals surface area contributed by atoms with Gasteiger partial charge in [0.05, 0.1) is 0 Å². The normalized spacial score (nSPS) is 4.00. The minimum Gasteiger partial charge on any atom is -0.352 e. The Bertz CT molecular complexity index is 45.0. The lowest BCUT2D eigenvalue weighted by Gasteiger charge is -1.62. The topological polar surface area (TPSA) is 86.2 Å². The van der Waals surface area contributed by atoms with Crippen LogP contribution in [0.2, 0.25) is 0 Å². The second-order valence-electron chi connectivity index (χ2n) is 0.402. The van der Waals surface area contributed by atoms with Crippen molar-refractivity contribution in [3.8, 4) is 0 Å². The lowest BCUT2D eigenvalue weighted by atomic mass is 11.2. The van der Waals surface area contributed by atoms with Crippen molar-refractivity contribution in [2.24, 2.45) is 11.5 Å². The van der Waals surface area contributed by atoms with Crippen LogP contribution in [-0.4, -0.2) is 12.8 Å². The Morgan fingerprint density at radius 1 is 1.29 bits per heavy atom. The number of urea groups is 1. The van der Waals surface area contributed by atoms with E-state index in [1.54, 1.807) is 0 Å². The average molecular weight is 127 g/mol. The van der Waals surface area contributed by atoms with Crippen LogP contribution in [0.3, 0.4) is 0 Å². The number of hydrogen-bond donors (Lipinski definition) is 2. The summed E-state index contributed by atoms with van der Waals surface area (Å²) >= 11 is 0. The number of carbonyl (C=O) groups excluding carboxylic acids is 2. The molecule has 0 fully saturated rings. The monoisotopic (exact) mass is 126 g/mol. The van der Waals surface area contributed by atoms with Gasteiger partial charge in [0.1, 0.15) is 6.79 Å². The highest BCUT2D eigenvalue weighted by atomic mass is 35.5. The molecule has 44 valence electrons. The summed E-state index contributed by atoms with van der Waals surface area (Å²) in [5.41, 5.74) is 8.50. The second kappa shape index (κ2) is 18.8. The van der Waals surface area contributed by atoms with E-state index in [1.165, 1.54) is 0 Å². The maximum absolute atomic E-state index is 9.00. The molecule has 0 aliphatic rings. The zero-order valence-electron chi connectivity index (χ0n) is 3.59. The molecule has 0 spiro atoms. The van der Waals surface area contributed by atoms with E-state index in [2.05, 4.69) is 11.5 Å². The molecular weight excluding hydrogens is 119 g/mol. The quantitative estimate of drug-likeness (QED) is 0.448. The number of hydrogen-bond acceptors (Lipinski definition) is 2.